The zero-order chi connectivity index (χ0) is 38.0. The Kier molecular flexibility index (Phi) is 11.3. The first kappa shape index (κ1) is 38.2. The Hall–Kier alpha value is -4.06. The Morgan fingerprint density at radius 3 is 2.22 bits per heavy atom. The van der Waals surface area contributed by atoms with Gasteiger partial charge < -0.3 is 19.2 Å². The highest BCUT2D eigenvalue weighted by Gasteiger charge is 2.58. The van der Waals surface area contributed by atoms with Crippen LogP contribution in [0.4, 0.5) is 0 Å². The van der Waals surface area contributed by atoms with Crippen molar-refractivity contribution in [2.24, 2.45) is 17.8 Å². The first-order chi connectivity index (χ1) is 26.0. The van der Waals surface area contributed by atoms with Crippen LogP contribution in [0, 0.1) is 17.8 Å². The maximum Gasteiger partial charge on any atom is 0.455 e. The van der Waals surface area contributed by atoms with Gasteiger partial charge in [0.2, 0.25) is 11.8 Å². The molecule has 7 rings (SSSR count). The van der Waals surface area contributed by atoms with Crippen LogP contribution in [0.2, 0.25) is 11.4 Å². The van der Waals surface area contributed by atoms with Crippen LogP contribution >= 0.6 is 11.3 Å². The van der Waals surface area contributed by atoms with Crippen molar-refractivity contribution in [2.45, 2.75) is 77.4 Å². The third-order valence-electron chi connectivity index (χ3n) is 11.7. The Labute approximate surface area is 324 Å². The number of phenols is 1. The topological polar surface area (TPSA) is 96.3 Å². The van der Waals surface area contributed by atoms with Gasteiger partial charge in [0.15, 0.2) is 0 Å². The van der Waals surface area contributed by atoms with E-state index < -0.39 is 33.4 Å². The van der Waals surface area contributed by atoms with Crippen LogP contribution in [0.1, 0.15) is 63.8 Å². The smallest absolute Gasteiger partial charge is 0.455 e. The maximum atomic E-state index is 14.3. The molecule has 2 amide bonds. The second-order valence-corrected chi connectivity index (χ2v) is 21.2. The molecule has 4 atom stereocenters. The van der Waals surface area contributed by atoms with E-state index in [4.69, 9.17) is 9.08 Å². The minimum atomic E-state index is -2.96. The van der Waals surface area contributed by atoms with Gasteiger partial charge in [0.25, 0.3) is 8.32 Å². The first-order valence-corrected chi connectivity index (χ1v) is 22.0. The molecule has 1 aromatic heterocycles. The number of imide groups is 1. The standard InChI is InChI=1S/C44H50BNO6SSi/c1-5-30(25-31-15-12-13-21-38(31)47)22-23-39-40-32(29-51-54(44(2,3)4,34-17-8-6-9-18-34)35-19-10-7-11-20-35)26-36-41(37(40)27-45(50)52-39)43(49)46(42(36)48)28-33-16-14-24-53-33/h6-21,24-25,36-37,39,41,47,50H,5,22-23,26-29H2,1-4H3/b30-25+/t36-,37+,39-,41-/m1/s1. The van der Waals surface area contributed by atoms with E-state index in [1.807, 2.05) is 53.9 Å². The number of benzene rings is 3. The fourth-order valence-corrected chi connectivity index (χ4v) is 14.4. The molecule has 3 aromatic carbocycles. The summed E-state index contributed by atoms with van der Waals surface area (Å²) in [5.74, 6) is -1.51. The number of hydrogen-bond donors (Lipinski definition) is 2. The molecule has 7 nitrogen and oxygen atoms in total. The second-order valence-electron chi connectivity index (χ2n) is 15.9. The number of amides is 2. The van der Waals surface area contributed by atoms with Crippen LogP contribution < -0.4 is 10.4 Å². The monoisotopic (exact) mass is 759 g/mol. The Balaban J connectivity index is 1.30. The van der Waals surface area contributed by atoms with Crippen LogP contribution in [0.5, 0.6) is 5.75 Å². The number of phenolic OH excluding ortho intramolecular Hbond substituents is 1. The number of carbonyl (C=O) groups is 2. The van der Waals surface area contributed by atoms with Crippen LogP contribution in [0.15, 0.2) is 119 Å². The molecule has 1 aliphatic carbocycles. The minimum Gasteiger partial charge on any atom is -0.507 e. The number of hydrogen-bond acceptors (Lipinski definition) is 7. The van der Waals surface area contributed by atoms with Gasteiger partial charge in [-0.15, -0.1) is 11.3 Å². The number of nitrogens with zero attached hydrogens (tertiary/aromatic N) is 1. The number of rotatable bonds is 12. The van der Waals surface area contributed by atoms with Crippen LogP contribution in [0.3, 0.4) is 0 Å². The van der Waals surface area contributed by atoms with Gasteiger partial charge in [-0.3, -0.25) is 14.5 Å². The lowest BCUT2D eigenvalue weighted by atomic mass is 9.58. The van der Waals surface area contributed by atoms with E-state index in [-0.39, 0.29) is 41.4 Å². The van der Waals surface area contributed by atoms with Crippen molar-refractivity contribution in [1.29, 1.82) is 0 Å². The van der Waals surface area contributed by atoms with E-state index in [9.17, 15) is 19.7 Å². The molecule has 0 unspecified atom stereocenters. The summed E-state index contributed by atoms with van der Waals surface area (Å²) in [6.45, 7) is 9.42. The van der Waals surface area contributed by atoms with Crippen molar-refractivity contribution in [2.75, 3.05) is 6.61 Å². The average Bonchev–Trinajstić information content (AvgIpc) is 3.77. The molecule has 54 heavy (non-hydrogen) atoms. The largest absolute Gasteiger partial charge is 0.507 e. The zero-order valence-corrected chi connectivity index (χ0v) is 33.4. The SMILES string of the molecule is CC/C(=C\c1ccccc1O)CC[C@H]1OB(O)C[C@H]2C1=C(CO[Si](c1ccccc1)(c1ccccc1)C(C)(C)C)C[C@H]1C(=O)N(Cc3cccs3)C(=O)[C@H]12. The summed E-state index contributed by atoms with van der Waals surface area (Å²) >= 11 is 1.54. The minimum absolute atomic E-state index is 0.142. The Morgan fingerprint density at radius 1 is 0.944 bits per heavy atom. The highest BCUT2D eigenvalue weighted by Crippen LogP contribution is 2.51. The second kappa shape index (κ2) is 16.0. The van der Waals surface area contributed by atoms with E-state index in [0.29, 0.717) is 25.9 Å². The third-order valence-corrected chi connectivity index (χ3v) is 17.5. The molecule has 3 aliphatic rings. The van der Waals surface area contributed by atoms with Gasteiger partial charge in [-0.1, -0.05) is 124 Å². The van der Waals surface area contributed by atoms with E-state index >= 15 is 0 Å². The maximum absolute atomic E-state index is 14.3. The molecule has 2 fully saturated rings. The number of carbonyl (C=O) groups excluding carboxylic acids is 2. The summed E-state index contributed by atoms with van der Waals surface area (Å²) < 4.78 is 13.9. The summed E-state index contributed by atoms with van der Waals surface area (Å²) in [5.41, 5.74) is 3.92. The lowest BCUT2D eigenvalue weighted by Crippen LogP contribution is -2.66. The molecule has 0 saturated carbocycles. The molecular formula is C44H50BNO6SSi. The molecule has 0 radical (unpaired) electrons. The van der Waals surface area contributed by atoms with E-state index in [1.165, 1.54) is 26.6 Å². The van der Waals surface area contributed by atoms with Gasteiger partial charge >= 0.3 is 7.12 Å². The van der Waals surface area contributed by atoms with Crippen molar-refractivity contribution in [3.8, 4) is 5.75 Å². The summed E-state index contributed by atoms with van der Waals surface area (Å²) in [6, 6.07) is 32.3. The first-order valence-electron chi connectivity index (χ1n) is 19.2. The van der Waals surface area contributed by atoms with E-state index in [0.717, 1.165) is 33.6 Å². The molecular weight excluding hydrogens is 709 g/mol. The summed E-state index contributed by atoms with van der Waals surface area (Å²) in [6.07, 6.45) is 4.26. The lowest BCUT2D eigenvalue weighted by molar-refractivity contribution is -0.140. The van der Waals surface area contributed by atoms with Gasteiger partial charge in [0.05, 0.1) is 31.1 Å². The summed E-state index contributed by atoms with van der Waals surface area (Å²) in [7, 11) is -4.02. The van der Waals surface area contributed by atoms with Crippen molar-refractivity contribution >= 4 is 55.0 Å². The highest BCUT2D eigenvalue weighted by molar-refractivity contribution is 7.09. The van der Waals surface area contributed by atoms with Crippen LogP contribution in [-0.2, 0) is 25.2 Å². The predicted molar refractivity (Wildman–Crippen MR) is 219 cm³/mol. The number of aromatic hydroxyl groups is 1. The van der Waals surface area contributed by atoms with Gasteiger partial charge in [-0.05, 0) is 82.0 Å². The van der Waals surface area contributed by atoms with Gasteiger partial charge in [-0.25, -0.2) is 0 Å². The van der Waals surface area contributed by atoms with Gasteiger partial charge in [-0.2, -0.15) is 0 Å². The molecule has 3 heterocycles. The van der Waals surface area contributed by atoms with Crippen molar-refractivity contribution < 1.29 is 28.8 Å². The number of thiophene rings is 1. The van der Waals surface area contributed by atoms with E-state index in [2.05, 4.69) is 76.2 Å². The average molecular weight is 760 g/mol. The Morgan fingerprint density at radius 2 is 1.61 bits per heavy atom. The normalized spacial score (nSPS) is 22.1. The fraction of sp³-hybridized carbons (Fsp3) is 0.364. The molecule has 2 aliphatic heterocycles. The summed E-state index contributed by atoms with van der Waals surface area (Å²) in [4.78, 5) is 31.0. The number of allylic oxidation sites excluding steroid dienone is 1. The number of para-hydroxylation sites is 1. The van der Waals surface area contributed by atoms with Crippen molar-refractivity contribution in [3.63, 3.8) is 0 Å². The molecule has 10 heteroatoms. The highest BCUT2D eigenvalue weighted by atomic mass is 32.1. The number of fused-ring (bicyclic) bond motifs is 3. The van der Waals surface area contributed by atoms with Crippen LogP contribution in [-0.4, -0.2) is 55.0 Å². The lowest BCUT2D eigenvalue weighted by Gasteiger charge is -2.46. The number of likely N-dealkylation sites (tertiary alicyclic amines) is 1. The molecule has 2 N–H and O–H groups in total. The molecule has 0 bridgehead atoms. The molecule has 4 aromatic rings. The predicted octanol–water partition coefficient (Wildman–Crippen LogP) is 7.60. The Bertz CT molecular complexity index is 1970. The van der Waals surface area contributed by atoms with Crippen LogP contribution in [0.25, 0.3) is 6.08 Å². The third kappa shape index (κ3) is 7.34. The van der Waals surface area contributed by atoms with E-state index in [1.54, 1.807) is 6.07 Å². The van der Waals surface area contributed by atoms with Crippen molar-refractivity contribution in [1.82, 2.24) is 4.90 Å². The van der Waals surface area contributed by atoms with Crippen molar-refractivity contribution in [3.05, 3.63) is 130 Å². The molecule has 2 saturated heterocycles. The summed E-state index contributed by atoms with van der Waals surface area (Å²) in [5, 5.41) is 25.8. The van der Waals surface area contributed by atoms with Gasteiger partial charge in [0.1, 0.15) is 5.75 Å². The quantitative estimate of drug-likeness (QED) is 0.0878. The molecule has 280 valence electrons. The zero-order valence-electron chi connectivity index (χ0n) is 31.6. The fourth-order valence-electron chi connectivity index (χ4n) is 9.13. The molecule has 0 spiro atoms. The van der Waals surface area contributed by atoms with Gasteiger partial charge in [0, 0.05) is 10.4 Å².